The predicted molar refractivity (Wildman–Crippen MR) is 124 cm³/mol. The van der Waals surface area contributed by atoms with Gasteiger partial charge >= 0.3 is 0 Å². The van der Waals surface area contributed by atoms with Gasteiger partial charge in [-0.05, 0) is 24.3 Å². The Morgan fingerprint density at radius 3 is 2.62 bits per heavy atom. The van der Waals surface area contributed by atoms with Crippen molar-refractivity contribution in [1.82, 2.24) is 15.3 Å². The number of hydrogen-bond acceptors (Lipinski definition) is 7. The summed E-state index contributed by atoms with van der Waals surface area (Å²) in [5, 5.41) is 7.00. The third-order valence-corrected chi connectivity index (χ3v) is 5.00. The Morgan fingerprint density at radius 1 is 1.16 bits per heavy atom. The molecule has 0 saturated heterocycles. The summed E-state index contributed by atoms with van der Waals surface area (Å²) in [6.45, 7) is 6.78. The molecule has 0 aliphatic rings. The first-order valence-electron chi connectivity index (χ1n) is 10.1. The number of fused-ring (bicyclic) bond motifs is 1. The van der Waals surface area contributed by atoms with Gasteiger partial charge in [0, 0.05) is 28.4 Å². The lowest BCUT2D eigenvalue weighted by atomic mass is 9.91. The Kier molecular flexibility index (Phi) is 7.48. The number of carbonyl (C=O) groups excluding carboxylic acids is 1. The lowest BCUT2D eigenvalue weighted by Gasteiger charge is -2.17. The van der Waals surface area contributed by atoms with Crippen LogP contribution >= 0.6 is 11.6 Å². The molecule has 0 aliphatic heterocycles. The molecule has 9 heteroatoms. The number of methoxy groups -OCH3 is 1. The topological polar surface area (TPSA) is 85.4 Å². The zero-order valence-electron chi connectivity index (χ0n) is 18.5. The number of ketones is 1. The molecule has 3 rings (SSSR count). The second-order valence-electron chi connectivity index (χ2n) is 8.19. The van der Waals surface area contributed by atoms with Crippen LogP contribution < -0.4 is 20.1 Å². The van der Waals surface area contributed by atoms with E-state index in [1.807, 2.05) is 20.8 Å². The van der Waals surface area contributed by atoms with Crippen molar-refractivity contribution < 1.29 is 18.7 Å². The summed E-state index contributed by atoms with van der Waals surface area (Å²) < 4.78 is 25.5. The second-order valence-corrected chi connectivity index (χ2v) is 8.63. The second kappa shape index (κ2) is 10.1. The number of anilines is 2. The van der Waals surface area contributed by atoms with Crippen LogP contribution in [0.25, 0.3) is 10.9 Å². The van der Waals surface area contributed by atoms with Crippen LogP contribution in [-0.4, -0.2) is 42.6 Å². The molecule has 3 aromatic rings. The van der Waals surface area contributed by atoms with E-state index in [2.05, 4.69) is 20.6 Å². The number of carbonyl (C=O) groups is 1. The Morgan fingerprint density at radius 2 is 1.94 bits per heavy atom. The first kappa shape index (κ1) is 23.7. The van der Waals surface area contributed by atoms with Gasteiger partial charge in [0.15, 0.2) is 17.3 Å². The summed E-state index contributed by atoms with van der Waals surface area (Å²) >= 11 is 5.82. The van der Waals surface area contributed by atoms with E-state index in [1.54, 1.807) is 18.2 Å². The minimum absolute atomic E-state index is 0.134. The summed E-state index contributed by atoms with van der Waals surface area (Å²) in [6, 6.07) is 7.82. The summed E-state index contributed by atoms with van der Waals surface area (Å²) in [5.41, 5.74) is 0.462. The van der Waals surface area contributed by atoms with E-state index in [9.17, 15) is 9.18 Å². The van der Waals surface area contributed by atoms with Crippen LogP contribution in [0.15, 0.2) is 36.7 Å². The van der Waals surface area contributed by atoms with Gasteiger partial charge in [0.1, 0.15) is 24.6 Å². The number of nitrogens with one attached hydrogen (secondary N) is 2. The largest absolute Gasteiger partial charge is 0.493 e. The fourth-order valence-electron chi connectivity index (χ4n) is 2.85. The molecule has 32 heavy (non-hydrogen) atoms. The Hall–Kier alpha value is -2.97. The molecular formula is C23H26ClFN4O3. The van der Waals surface area contributed by atoms with E-state index in [1.165, 1.54) is 25.6 Å². The van der Waals surface area contributed by atoms with E-state index >= 15 is 0 Å². The third kappa shape index (κ3) is 5.83. The molecule has 170 valence electrons. The van der Waals surface area contributed by atoms with Crippen molar-refractivity contribution in [2.24, 2.45) is 5.41 Å². The van der Waals surface area contributed by atoms with Crippen LogP contribution in [0.2, 0.25) is 5.02 Å². The number of benzene rings is 2. The number of hydrogen-bond donors (Lipinski definition) is 2. The summed E-state index contributed by atoms with van der Waals surface area (Å²) in [6.07, 6.45) is 1.38. The molecule has 0 amide bonds. The lowest BCUT2D eigenvalue weighted by Crippen LogP contribution is -2.34. The van der Waals surface area contributed by atoms with Gasteiger partial charge in [-0.2, -0.15) is 0 Å². The molecule has 0 saturated carbocycles. The highest BCUT2D eigenvalue weighted by molar-refractivity contribution is 6.30. The molecule has 0 spiro atoms. The van der Waals surface area contributed by atoms with Crippen LogP contribution in [0.4, 0.5) is 15.9 Å². The van der Waals surface area contributed by atoms with Crippen molar-refractivity contribution in [2.75, 3.05) is 32.1 Å². The van der Waals surface area contributed by atoms with Gasteiger partial charge < -0.3 is 20.1 Å². The van der Waals surface area contributed by atoms with Gasteiger partial charge in [-0.25, -0.2) is 14.4 Å². The molecule has 2 N–H and O–H groups in total. The van der Waals surface area contributed by atoms with Crippen LogP contribution in [-0.2, 0) is 4.79 Å². The maximum absolute atomic E-state index is 14.2. The van der Waals surface area contributed by atoms with Gasteiger partial charge in [0.05, 0.1) is 24.9 Å². The zero-order valence-corrected chi connectivity index (χ0v) is 19.2. The van der Waals surface area contributed by atoms with Crippen molar-refractivity contribution in [3.8, 4) is 11.5 Å². The van der Waals surface area contributed by atoms with E-state index in [0.29, 0.717) is 46.4 Å². The standard InChI is InChI=1S/C23H26ClFN4O3/c1-23(2,3)21(30)12-26-7-8-32-20-11-18-15(10-19(20)31-4)22(28-13-27-18)29-17-6-5-14(24)9-16(17)25/h5-6,9-11,13,26H,7-8,12H2,1-4H3,(H,27,28,29). The fraction of sp³-hybridized carbons (Fsp3) is 0.348. The molecule has 0 atom stereocenters. The molecule has 0 bridgehead atoms. The monoisotopic (exact) mass is 460 g/mol. The van der Waals surface area contributed by atoms with Gasteiger partial charge in [0.25, 0.3) is 0 Å². The first-order chi connectivity index (χ1) is 15.2. The lowest BCUT2D eigenvalue weighted by molar-refractivity contribution is -0.125. The van der Waals surface area contributed by atoms with Crippen molar-refractivity contribution >= 4 is 39.8 Å². The minimum Gasteiger partial charge on any atom is -0.493 e. The molecule has 2 aromatic carbocycles. The Balaban J connectivity index is 1.73. The predicted octanol–water partition coefficient (Wildman–Crippen LogP) is 4.76. The van der Waals surface area contributed by atoms with Crippen molar-refractivity contribution in [3.05, 3.63) is 47.5 Å². The maximum atomic E-state index is 14.2. The average Bonchev–Trinajstić information content (AvgIpc) is 2.74. The van der Waals surface area contributed by atoms with Crippen LogP contribution in [0.5, 0.6) is 11.5 Å². The van der Waals surface area contributed by atoms with Crippen molar-refractivity contribution in [2.45, 2.75) is 20.8 Å². The number of halogens is 2. The van der Waals surface area contributed by atoms with Crippen LogP contribution in [0, 0.1) is 11.2 Å². The summed E-state index contributed by atoms with van der Waals surface area (Å²) in [4.78, 5) is 20.5. The quantitative estimate of drug-likeness (QED) is 0.445. The number of aromatic nitrogens is 2. The molecule has 0 radical (unpaired) electrons. The van der Waals surface area contributed by atoms with Crippen LogP contribution in [0.1, 0.15) is 20.8 Å². The summed E-state index contributed by atoms with van der Waals surface area (Å²) in [7, 11) is 1.53. The SMILES string of the molecule is COc1cc2c(Nc3ccc(Cl)cc3F)ncnc2cc1OCCNCC(=O)C(C)(C)C. The highest BCUT2D eigenvalue weighted by Crippen LogP contribution is 2.35. The van der Waals surface area contributed by atoms with E-state index in [-0.39, 0.29) is 23.4 Å². The maximum Gasteiger partial charge on any atom is 0.163 e. The van der Waals surface area contributed by atoms with Gasteiger partial charge in [-0.1, -0.05) is 32.4 Å². The van der Waals surface area contributed by atoms with Gasteiger partial charge in [-0.15, -0.1) is 0 Å². The third-order valence-electron chi connectivity index (χ3n) is 4.76. The van der Waals surface area contributed by atoms with E-state index in [0.717, 1.165) is 0 Å². The smallest absolute Gasteiger partial charge is 0.163 e. The number of Topliss-reactive ketones (excluding diaryl/α,β-unsaturated/α-hetero) is 1. The highest BCUT2D eigenvalue weighted by Gasteiger charge is 2.20. The zero-order chi connectivity index (χ0) is 23.3. The molecular weight excluding hydrogens is 435 g/mol. The average molecular weight is 461 g/mol. The Labute approximate surface area is 191 Å². The van der Waals surface area contributed by atoms with E-state index in [4.69, 9.17) is 21.1 Å². The van der Waals surface area contributed by atoms with E-state index < -0.39 is 5.82 Å². The summed E-state index contributed by atoms with van der Waals surface area (Å²) in [5.74, 6) is 1.05. The molecule has 7 nitrogen and oxygen atoms in total. The molecule has 1 heterocycles. The number of nitrogens with zero attached hydrogens (tertiary/aromatic N) is 2. The fourth-order valence-corrected chi connectivity index (χ4v) is 3.01. The normalized spacial score (nSPS) is 11.4. The highest BCUT2D eigenvalue weighted by atomic mass is 35.5. The number of ether oxygens (including phenoxy) is 2. The molecule has 0 unspecified atom stereocenters. The van der Waals surface area contributed by atoms with Crippen molar-refractivity contribution in [1.29, 1.82) is 0 Å². The minimum atomic E-state index is -0.492. The molecule has 0 aliphatic carbocycles. The van der Waals surface area contributed by atoms with Crippen LogP contribution in [0.3, 0.4) is 0 Å². The molecule has 1 aromatic heterocycles. The number of rotatable bonds is 9. The van der Waals surface area contributed by atoms with Gasteiger partial charge in [0.2, 0.25) is 0 Å². The Bertz CT molecular complexity index is 1120. The first-order valence-corrected chi connectivity index (χ1v) is 10.5. The van der Waals surface area contributed by atoms with Gasteiger partial charge in [-0.3, -0.25) is 4.79 Å². The van der Waals surface area contributed by atoms with Crippen molar-refractivity contribution in [3.63, 3.8) is 0 Å². The molecule has 0 fully saturated rings.